The summed E-state index contributed by atoms with van der Waals surface area (Å²) in [6.45, 7) is 52.0. The number of aliphatic carboxylic acids is 1. The Balaban J connectivity index is 0.00000161. The van der Waals surface area contributed by atoms with E-state index in [-0.39, 0.29) is 149 Å². The molecule has 1 saturated carbocycles. The SMILES string of the molecule is CC(C)(C)[O-].COC(=O)C1=C[C@@](C)(c2cccc(C)c2F)N=C(N(COCC[Si](C)(C)C)C(=O)OC(C)(C)C)S1.COC(=O)[C@]12C[C@H]1[C@@](C)(c1cccc(C)c1F)N=C(N(COCC[Si](C)(C)C)C(=O)OC(C)(C)C)S2.C[S+](C)C.Cc1cccc([C@]2(C)C=C(C(=O)O)SC(N(COCC[Si](C)(C)C)C(=O)OC(C)(C)C)=N2)c1F.O.[I-].[K+]. The van der Waals surface area contributed by atoms with Gasteiger partial charge in [0.15, 0.2) is 15.5 Å². The molecular formula is C82H131F3IKN6O17S4Si3. The summed E-state index contributed by atoms with van der Waals surface area (Å²) in [5.74, 6) is -3.76. The molecule has 3 aromatic rings. The van der Waals surface area contributed by atoms with Gasteiger partial charge < -0.3 is 77.6 Å². The van der Waals surface area contributed by atoms with E-state index in [1.165, 1.54) is 46.8 Å². The van der Waals surface area contributed by atoms with Crippen LogP contribution in [0.2, 0.25) is 77.1 Å². The molecule has 0 aromatic heterocycles. The third-order valence-electron chi connectivity index (χ3n) is 16.6. The number of amidine groups is 3. The second-order valence-electron chi connectivity index (χ2n) is 36.8. The Morgan fingerprint density at radius 1 is 0.538 bits per heavy atom. The molecule has 0 spiro atoms. The number of methoxy groups -OCH3 is 2. The van der Waals surface area contributed by atoms with Crippen LogP contribution in [0.1, 0.15) is 144 Å². The summed E-state index contributed by atoms with van der Waals surface area (Å²) in [5.41, 5.74) is -4.50. The molecule has 23 nitrogen and oxygen atoms in total. The molecule has 3 aromatic carbocycles. The number of nitrogens with zero attached hydrogens (tertiary/aromatic N) is 6. The van der Waals surface area contributed by atoms with Crippen LogP contribution in [0.25, 0.3) is 0 Å². The molecule has 117 heavy (non-hydrogen) atoms. The van der Waals surface area contributed by atoms with Crippen molar-refractivity contribution in [1.82, 2.24) is 14.7 Å². The van der Waals surface area contributed by atoms with E-state index in [1.54, 1.807) is 178 Å². The van der Waals surface area contributed by atoms with Gasteiger partial charge in [0, 0.05) is 66.7 Å². The van der Waals surface area contributed by atoms with Crippen molar-refractivity contribution in [2.75, 3.05) is 73.0 Å². The average Bonchev–Trinajstić information content (AvgIpc) is 1.52. The van der Waals surface area contributed by atoms with Gasteiger partial charge in [0.05, 0.1) is 48.3 Å². The first-order valence-corrected chi connectivity index (χ1v) is 53.8. The summed E-state index contributed by atoms with van der Waals surface area (Å²) in [6.07, 6.45) is 7.98. The van der Waals surface area contributed by atoms with Crippen LogP contribution in [0, 0.1) is 44.1 Å². The summed E-state index contributed by atoms with van der Waals surface area (Å²) >= 11 is 2.96. The number of halogens is 4. The molecule has 1 fully saturated rings. The number of carbonyl (C=O) groups is 6. The van der Waals surface area contributed by atoms with E-state index in [0.29, 0.717) is 59.4 Å². The minimum Gasteiger partial charge on any atom is -1.00 e. The van der Waals surface area contributed by atoms with Crippen molar-refractivity contribution < 1.29 is 171 Å². The van der Waals surface area contributed by atoms with Crippen LogP contribution < -0.4 is 80.5 Å². The van der Waals surface area contributed by atoms with E-state index < -0.39 is 116 Å². The van der Waals surface area contributed by atoms with Crippen LogP contribution in [0.4, 0.5) is 27.6 Å². The van der Waals surface area contributed by atoms with Crippen molar-refractivity contribution >= 4 is 122 Å². The number of ether oxygens (including phenoxy) is 8. The van der Waals surface area contributed by atoms with Crippen molar-refractivity contribution in [3.05, 3.63) is 127 Å². The van der Waals surface area contributed by atoms with E-state index in [2.05, 4.69) is 82.7 Å². The maximum Gasteiger partial charge on any atom is 1.00 e. The van der Waals surface area contributed by atoms with Crippen LogP contribution in [-0.2, 0) is 79.8 Å². The molecule has 1 aliphatic carbocycles. The fourth-order valence-electron chi connectivity index (χ4n) is 10.6. The van der Waals surface area contributed by atoms with Gasteiger partial charge in [0.25, 0.3) is 0 Å². The molecule has 656 valence electrons. The number of benzene rings is 3. The summed E-state index contributed by atoms with van der Waals surface area (Å²) in [4.78, 5) is 95.3. The molecule has 35 heteroatoms. The van der Waals surface area contributed by atoms with Crippen molar-refractivity contribution in [3.8, 4) is 0 Å². The summed E-state index contributed by atoms with van der Waals surface area (Å²) in [6, 6.07) is 17.8. The summed E-state index contributed by atoms with van der Waals surface area (Å²) in [5, 5.41) is 20.4. The molecule has 3 amide bonds. The van der Waals surface area contributed by atoms with Gasteiger partial charge in [-0.15, -0.1) is 5.60 Å². The Morgan fingerprint density at radius 3 is 1.14 bits per heavy atom. The predicted octanol–water partition coefficient (Wildman–Crippen LogP) is 11.8. The first-order chi connectivity index (χ1) is 51.9. The van der Waals surface area contributed by atoms with Gasteiger partial charge in [-0.3, -0.25) is 9.79 Å². The van der Waals surface area contributed by atoms with Crippen LogP contribution in [0.5, 0.6) is 0 Å². The topological polar surface area (TPSA) is 298 Å². The quantitative estimate of drug-likeness (QED) is 0.0197. The number of esters is 2. The Bertz CT molecular complexity index is 4020. The molecule has 5 atom stereocenters. The Labute approximate surface area is 773 Å². The third-order valence-corrected chi connectivity index (χ3v) is 25.2. The second-order valence-corrected chi connectivity index (χ2v) is 59.4. The zero-order chi connectivity index (χ0) is 87.7. The number of carbonyl (C=O) groups excluding carboxylic acids is 5. The van der Waals surface area contributed by atoms with Crippen molar-refractivity contribution in [3.63, 3.8) is 0 Å². The molecule has 7 rings (SSSR count). The van der Waals surface area contributed by atoms with Gasteiger partial charge >= 0.3 is 87.6 Å². The van der Waals surface area contributed by atoms with Crippen LogP contribution in [0.15, 0.2) is 91.5 Å². The van der Waals surface area contributed by atoms with Crippen LogP contribution >= 0.6 is 35.3 Å². The molecule has 0 radical (unpaired) electrons. The number of amides is 3. The van der Waals surface area contributed by atoms with Gasteiger partial charge in [0.2, 0.25) is 0 Å². The average molecular weight is 1910 g/mol. The smallest absolute Gasteiger partial charge is 1.00 e. The summed E-state index contributed by atoms with van der Waals surface area (Å²) in [7, 11) is -0.812. The first kappa shape index (κ1) is 113. The fraction of sp³-hybridized carbons (Fsp3) is 0.622. The molecule has 3 N–H and O–H groups in total. The first-order valence-electron chi connectivity index (χ1n) is 37.8. The number of aliphatic imine (C=N–C) groups is 3. The van der Waals surface area contributed by atoms with E-state index in [4.69, 9.17) is 47.9 Å². The van der Waals surface area contributed by atoms with Gasteiger partial charge in [-0.1, -0.05) is 146 Å². The van der Waals surface area contributed by atoms with Crippen LogP contribution in [0.3, 0.4) is 0 Å². The number of thioether (sulfide) groups is 3. The Hall–Kier alpha value is -3.62. The zero-order valence-electron chi connectivity index (χ0n) is 75.4. The number of rotatable bonds is 21. The Morgan fingerprint density at radius 2 is 0.838 bits per heavy atom. The third kappa shape index (κ3) is 37.8. The molecule has 0 saturated heterocycles. The van der Waals surface area contributed by atoms with Gasteiger partial charge in [0.1, 0.15) is 70.3 Å². The molecular weight excluding hydrogens is 1780 g/mol. The van der Waals surface area contributed by atoms with Gasteiger partial charge in [-0.05, 0) is 192 Å². The monoisotopic (exact) mass is 1910 g/mol. The minimum atomic E-state index is -1.36. The standard InChI is InChI=1S/C26H39FN2O5SSi.C25H37FN2O5SSi.C24H35FN2O5SSi.C4H9O.C3H9S.HI.K.H2O/c1-17-11-10-12-18(20(17)27)25(5)19-15-26(19,21(30)32-6)35-22(28-25)29(23(31)34-24(2,3)4)16-33-13-14-36(7,8)9;1-17-11-10-12-18(20(17)26)25(5)15-19(21(29)31-6)34-22(27-25)28(23(30)33-24(2,3)4)16-32-13-14-35(7,8)9;1-16-10-9-11-17(19(16)25)24(5)14-18(20(28)29)33-21(26-24)27(22(30)32-23(2,3)4)15-31-12-13-34(6,7)8;1-4(2,3)5;1-4(2)3;;;/h10-12,19H,13-16H2,1-9H3;10-12,15H,13-14,16H2,1-9H3;9-11,14H,12-13,15H2,1-8H3,(H,28,29);1-3H3;1-3H3;1H;;1H2/q;;;-1;+1;;+1;/p-1/t19-,25+,26-;25-;24-;;;;;/m000...../s1. The minimum absolute atomic E-state index is 0. The molecule has 0 bridgehead atoms. The van der Waals surface area contributed by atoms with Gasteiger partial charge in [-0.2, -0.15) is 0 Å². The molecule has 3 heterocycles. The normalized spacial score (nSPS) is 19.6. The molecule has 0 unspecified atom stereocenters. The maximum atomic E-state index is 15.4. The number of carboxylic acids is 1. The Kier molecular flexibility index (Phi) is 45.5. The maximum absolute atomic E-state index is 15.4. The predicted molar refractivity (Wildman–Crippen MR) is 469 cm³/mol. The number of aryl methyl sites for hydroxylation is 3. The fourth-order valence-corrected chi connectivity index (χ4v) is 16.6. The van der Waals surface area contributed by atoms with Crippen molar-refractivity contribution in [2.45, 2.75) is 252 Å². The van der Waals surface area contributed by atoms with Crippen molar-refractivity contribution in [1.29, 1.82) is 0 Å². The van der Waals surface area contributed by atoms with E-state index in [1.807, 2.05) is 6.92 Å². The van der Waals surface area contributed by atoms with E-state index in [9.17, 15) is 39.0 Å². The van der Waals surface area contributed by atoms with Crippen molar-refractivity contribution in [2.24, 2.45) is 20.9 Å². The van der Waals surface area contributed by atoms with E-state index >= 15 is 13.2 Å². The second kappa shape index (κ2) is 46.9. The largest absolute Gasteiger partial charge is 1.00 e. The number of carboxylic acid groups (broad SMARTS) is 1. The van der Waals surface area contributed by atoms with E-state index in [0.717, 1.165) is 41.7 Å². The molecule has 4 aliphatic rings. The number of hydrogen-bond acceptors (Lipinski definition) is 21. The van der Waals surface area contributed by atoms with Gasteiger partial charge in [-0.25, -0.2) is 61.8 Å². The number of hydrogen-bond donors (Lipinski definition) is 1. The summed E-state index contributed by atoms with van der Waals surface area (Å²) < 4.78 is 89.1. The molecule has 3 aliphatic heterocycles. The number of fused-ring (bicyclic) bond motifs is 1. The zero-order valence-corrected chi connectivity index (χ0v) is 86.9. The van der Waals surface area contributed by atoms with Crippen LogP contribution in [-0.4, -0.2) is 201 Å².